The van der Waals surface area contributed by atoms with Gasteiger partial charge < -0.3 is 5.11 Å². The summed E-state index contributed by atoms with van der Waals surface area (Å²) in [6.07, 6.45) is 7.36. The van der Waals surface area contributed by atoms with Crippen molar-refractivity contribution in [2.45, 2.75) is 37.7 Å². The normalized spacial score (nSPS) is 26.5. The third-order valence-electron chi connectivity index (χ3n) is 4.07. The summed E-state index contributed by atoms with van der Waals surface area (Å²) in [4.78, 5) is 0. The molecule has 0 radical (unpaired) electrons. The fourth-order valence-corrected chi connectivity index (χ4v) is 3.56. The van der Waals surface area contributed by atoms with Gasteiger partial charge in [0.05, 0.1) is 6.10 Å². The summed E-state index contributed by atoms with van der Waals surface area (Å²) in [6, 6.07) is 4.97. The number of benzene rings is 1. The highest BCUT2D eigenvalue weighted by Gasteiger charge is 2.33. The molecule has 2 atom stereocenters. The van der Waals surface area contributed by atoms with Gasteiger partial charge in [-0.05, 0) is 55.0 Å². The molecule has 1 aromatic carbocycles. The molecule has 0 spiro atoms. The van der Waals surface area contributed by atoms with Gasteiger partial charge in [0, 0.05) is 10.4 Å². The van der Waals surface area contributed by atoms with E-state index >= 15 is 0 Å². The van der Waals surface area contributed by atoms with Crippen LogP contribution in [0.3, 0.4) is 0 Å². The SMILES string of the molecule is OC1CCC2=C(CCC=C2)C1c1cc(Br)ccc1F. The van der Waals surface area contributed by atoms with Gasteiger partial charge in [0.25, 0.3) is 0 Å². The van der Waals surface area contributed by atoms with E-state index in [4.69, 9.17) is 0 Å². The number of aliphatic hydroxyl groups is 1. The van der Waals surface area contributed by atoms with E-state index in [1.165, 1.54) is 17.2 Å². The van der Waals surface area contributed by atoms with Crippen LogP contribution < -0.4 is 0 Å². The van der Waals surface area contributed by atoms with Crippen LogP contribution in [0.4, 0.5) is 4.39 Å². The van der Waals surface area contributed by atoms with Crippen molar-refractivity contribution in [1.29, 1.82) is 0 Å². The van der Waals surface area contributed by atoms with Gasteiger partial charge in [0.15, 0.2) is 0 Å². The second-order valence-electron chi connectivity index (χ2n) is 5.24. The van der Waals surface area contributed by atoms with E-state index in [0.29, 0.717) is 12.0 Å². The predicted molar refractivity (Wildman–Crippen MR) is 77.5 cm³/mol. The average molecular weight is 323 g/mol. The lowest BCUT2D eigenvalue weighted by molar-refractivity contribution is 0.135. The maximum atomic E-state index is 14.1. The molecular formula is C16H16BrFO. The summed E-state index contributed by atoms with van der Waals surface area (Å²) in [6.45, 7) is 0. The van der Waals surface area contributed by atoms with Gasteiger partial charge in [-0.15, -0.1) is 0 Å². The first-order valence-electron chi connectivity index (χ1n) is 6.68. The topological polar surface area (TPSA) is 20.2 Å². The lowest BCUT2D eigenvalue weighted by atomic mass is 9.73. The molecule has 0 bridgehead atoms. The third-order valence-corrected chi connectivity index (χ3v) is 4.57. The van der Waals surface area contributed by atoms with Crippen LogP contribution in [0.1, 0.15) is 37.2 Å². The second kappa shape index (κ2) is 5.22. The Morgan fingerprint density at radius 1 is 1.26 bits per heavy atom. The lowest BCUT2D eigenvalue weighted by Gasteiger charge is -2.34. The summed E-state index contributed by atoms with van der Waals surface area (Å²) in [7, 11) is 0. The highest BCUT2D eigenvalue weighted by Crippen LogP contribution is 2.43. The van der Waals surface area contributed by atoms with Crippen molar-refractivity contribution in [3.63, 3.8) is 0 Å². The molecule has 2 unspecified atom stereocenters. The standard InChI is InChI=1S/C16H16BrFO/c17-11-6-7-14(18)13(9-11)16-12-4-2-1-3-10(12)5-8-15(16)19/h1,3,6-7,9,15-16,19H,2,4-5,8H2. The lowest BCUT2D eigenvalue weighted by Crippen LogP contribution is -2.27. The smallest absolute Gasteiger partial charge is 0.127 e. The maximum Gasteiger partial charge on any atom is 0.127 e. The van der Waals surface area contributed by atoms with Crippen molar-refractivity contribution in [2.24, 2.45) is 0 Å². The van der Waals surface area contributed by atoms with Crippen molar-refractivity contribution < 1.29 is 9.50 Å². The molecule has 0 saturated carbocycles. The van der Waals surface area contributed by atoms with E-state index in [9.17, 15) is 9.50 Å². The van der Waals surface area contributed by atoms with Crippen molar-refractivity contribution in [3.05, 3.63) is 57.4 Å². The number of aliphatic hydroxyl groups excluding tert-OH is 1. The molecule has 2 aliphatic carbocycles. The van der Waals surface area contributed by atoms with Crippen LogP contribution in [0.25, 0.3) is 0 Å². The first-order valence-corrected chi connectivity index (χ1v) is 7.47. The Labute approximate surface area is 121 Å². The molecule has 19 heavy (non-hydrogen) atoms. The Balaban J connectivity index is 2.10. The van der Waals surface area contributed by atoms with Crippen LogP contribution in [-0.4, -0.2) is 11.2 Å². The minimum Gasteiger partial charge on any atom is -0.392 e. The van der Waals surface area contributed by atoms with E-state index < -0.39 is 6.10 Å². The van der Waals surface area contributed by atoms with Crippen LogP contribution in [0.15, 0.2) is 46.0 Å². The summed E-state index contributed by atoms with van der Waals surface area (Å²) >= 11 is 3.39. The van der Waals surface area contributed by atoms with E-state index in [0.717, 1.165) is 23.7 Å². The zero-order valence-electron chi connectivity index (χ0n) is 10.6. The van der Waals surface area contributed by atoms with Crippen LogP contribution in [-0.2, 0) is 0 Å². The zero-order valence-corrected chi connectivity index (χ0v) is 12.2. The quantitative estimate of drug-likeness (QED) is 0.808. The molecule has 3 rings (SSSR count). The van der Waals surface area contributed by atoms with Crippen LogP contribution >= 0.6 is 15.9 Å². The Hall–Kier alpha value is -0.930. The molecule has 0 amide bonds. The number of halogens is 2. The molecule has 3 heteroatoms. The number of hydrogen-bond acceptors (Lipinski definition) is 1. The predicted octanol–water partition coefficient (Wildman–Crippen LogP) is 4.47. The molecule has 2 aliphatic rings. The number of allylic oxidation sites excluding steroid dienone is 3. The molecule has 1 nitrogen and oxygen atoms in total. The molecule has 0 aliphatic heterocycles. The average Bonchev–Trinajstić information content (AvgIpc) is 2.42. The first kappa shape index (κ1) is 13.1. The highest BCUT2D eigenvalue weighted by atomic mass is 79.9. The van der Waals surface area contributed by atoms with Gasteiger partial charge in [-0.25, -0.2) is 4.39 Å². The molecule has 0 saturated heterocycles. The van der Waals surface area contributed by atoms with Gasteiger partial charge in [-0.1, -0.05) is 33.7 Å². The van der Waals surface area contributed by atoms with Crippen molar-refractivity contribution in [2.75, 3.05) is 0 Å². The Bertz CT molecular complexity index is 562. The Morgan fingerprint density at radius 2 is 2.11 bits per heavy atom. The minimum atomic E-state index is -0.478. The molecule has 0 heterocycles. The molecular weight excluding hydrogens is 307 g/mol. The van der Waals surface area contributed by atoms with Gasteiger partial charge in [-0.2, -0.15) is 0 Å². The molecule has 100 valence electrons. The van der Waals surface area contributed by atoms with E-state index in [2.05, 4.69) is 28.1 Å². The summed E-state index contributed by atoms with van der Waals surface area (Å²) in [5, 5.41) is 10.3. The fourth-order valence-electron chi connectivity index (χ4n) is 3.18. The summed E-state index contributed by atoms with van der Waals surface area (Å²) in [5.41, 5.74) is 3.13. The van der Waals surface area contributed by atoms with Crippen molar-refractivity contribution in [3.8, 4) is 0 Å². The molecule has 0 aromatic heterocycles. The minimum absolute atomic E-state index is 0.189. The van der Waals surface area contributed by atoms with Crippen molar-refractivity contribution in [1.82, 2.24) is 0 Å². The fraction of sp³-hybridized carbons (Fsp3) is 0.375. The van der Waals surface area contributed by atoms with Crippen molar-refractivity contribution >= 4 is 15.9 Å². The van der Waals surface area contributed by atoms with Crippen LogP contribution in [0, 0.1) is 5.82 Å². The Morgan fingerprint density at radius 3 is 2.95 bits per heavy atom. The monoisotopic (exact) mass is 322 g/mol. The summed E-state index contributed by atoms with van der Waals surface area (Å²) in [5.74, 6) is -0.415. The van der Waals surface area contributed by atoms with Crippen LogP contribution in [0.2, 0.25) is 0 Å². The summed E-state index contributed by atoms with van der Waals surface area (Å²) < 4.78 is 15.0. The largest absolute Gasteiger partial charge is 0.392 e. The third kappa shape index (κ3) is 2.41. The van der Waals surface area contributed by atoms with E-state index in [-0.39, 0.29) is 11.7 Å². The van der Waals surface area contributed by atoms with Gasteiger partial charge in [0.1, 0.15) is 5.82 Å². The number of hydrogen-bond donors (Lipinski definition) is 1. The van der Waals surface area contributed by atoms with Gasteiger partial charge in [-0.3, -0.25) is 0 Å². The Kier molecular flexibility index (Phi) is 3.59. The highest BCUT2D eigenvalue weighted by molar-refractivity contribution is 9.10. The van der Waals surface area contributed by atoms with Gasteiger partial charge in [0.2, 0.25) is 0 Å². The maximum absolute atomic E-state index is 14.1. The zero-order chi connectivity index (χ0) is 13.4. The van der Waals surface area contributed by atoms with Crippen LogP contribution in [0.5, 0.6) is 0 Å². The number of rotatable bonds is 1. The molecule has 0 fully saturated rings. The van der Waals surface area contributed by atoms with E-state index in [1.807, 2.05) is 0 Å². The van der Waals surface area contributed by atoms with Gasteiger partial charge >= 0.3 is 0 Å². The molecule has 1 aromatic rings. The second-order valence-corrected chi connectivity index (χ2v) is 6.16. The molecule has 1 N–H and O–H groups in total. The first-order chi connectivity index (χ1) is 9.16. The van der Waals surface area contributed by atoms with E-state index in [1.54, 1.807) is 12.1 Å².